The van der Waals surface area contributed by atoms with Gasteiger partial charge >= 0.3 is 0 Å². The first-order valence-electron chi connectivity index (χ1n) is 6.88. The number of nitrogens with one attached hydrogen (secondary N) is 1. The number of rotatable bonds is 4. The molecule has 1 aromatic rings. The second-order valence-corrected chi connectivity index (χ2v) is 6.57. The summed E-state index contributed by atoms with van der Waals surface area (Å²) in [5.74, 6) is 0.352. The lowest BCUT2D eigenvalue weighted by Gasteiger charge is -2.16. The van der Waals surface area contributed by atoms with E-state index in [4.69, 9.17) is 5.73 Å². The topological polar surface area (TPSA) is 91.5 Å². The van der Waals surface area contributed by atoms with Gasteiger partial charge in [0.25, 0.3) is 5.91 Å². The molecule has 2 unspecified atom stereocenters. The van der Waals surface area contributed by atoms with E-state index in [1.165, 1.54) is 11.3 Å². The third kappa shape index (κ3) is 3.21. The number of likely N-dealkylation sites (tertiary alicyclic amines) is 1. The van der Waals surface area contributed by atoms with Gasteiger partial charge in [0.15, 0.2) is 5.13 Å². The van der Waals surface area contributed by atoms with Crippen molar-refractivity contribution in [3.8, 4) is 0 Å². The second kappa shape index (κ2) is 5.97. The maximum Gasteiger partial charge on any atom is 0.267 e. The Balaban J connectivity index is 2.08. The summed E-state index contributed by atoms with van der Waals surface area (Å²) in [7, 11) is 0. The summed E-state index contributed by atoms with van der Waals surface area (Å²) in [6, 6.07) is 0.245. The van der Waals surface area contributed by atoms with Crippen LogP contribution in [0.5, 0.6) is 0 Å². The van der Waals surface area contributed by atoms with Gasteiger partial charge in [-0.25, -0.2) is 4.98 Å². The number of amides is 1. The number of aromatic nitrogens is 1. The molecule has 2 atom stereocenters. The minimum Gasteiger partial charge on any atom is -0.393 e. The molecule has 1 aliphatic heterocycles. The Morgan fingerprint density at radius 3 is 2.80 bits per heavy atom. The molecule has 1 saturated heterocycles. The molecule has 2 rings (SSSR count). The summed E-state index contributed by atoms with van der Waals surface area (Å²) >= 11 is 1.29. The molecule has 0 saturated carbocycles. The van der Waals surface area contributed by atoms with E-state index in [9.17, 15) is 9.90 Å². The normalized spacial score (nSPS) is 20.4. The Kier molecular flexibility index (Phi) is 4.49. The molecule has 20 heavy (non-hydrogen) atoms. The van der Waals surface area contributed by atoms with E-state index >= 15 is 0 Å². The molecule has 0 aliphatic carbocycles. The van der Waals surface area contributed by atoms with Crippen molar-refractivity contribution in [2.24, 2.45) is 5.92 Å². The Morgan fingerprint density at radius 2 is 2.25 bits per heavy atom. The fourth-order valence-corrected chi connectivity index (χ4v) is 3.30. The highest BCUT2D eigenvalue weighted by Gasteiger charge is 2.31. The van der Waals surface area contributed by atoms with Crippen molar-refractivity contribution in [3.63, 3.8) is 0 Å². The van der Waals surface area contributed by atoms with E-state index in [-0.39, 0.29) is 29.8 Å². The Bertz CT molecular complexity index is 487. The minimum absolute atomic E-state index is 0.0834. The molecule has 2 heterocycles. The molecule has 0 aromatic carbocycles. The Labute approximate surface area is 123 Å². The summed E-state index contributed by atoms with van der Waals surface area (Å²) in [5.41, 5.74) is 5.84. The fourth-order valence-electron chi connectivity index (χ4n) is 2.30. The predicted octanol–water partition coefficient (Wildman–Crippen LogP) is 1.39. The monoisotopic (exact) mass is 298 g/mol. The summed E-state index contributed by atoms with van der Waals surface area (Å²) in [4.78, 5) is 18.9. The highest BCUT2D eigenvalue weighted by molar-refractivity contribution is 7.18. The van der Waals surface area contributed by atoms with Gasteiger partial charge in [-0.1, -0.05) is 11.3 Å². The highest BCUT2D eigenvalue weighted by Crippen LogP contribution is 2.29. The highest BCUT2D eigenvalue weighted by atomic mass is 32.1. The van der Waals surface area contributed by atoms with Crippen molar-refractivity contribution < 1.29 is 9.90 Å². The lowest BCUT2D eigenvalue weighted by atomic mass is 10.0. The van der Waals surface area contributed by atoms with Gasteiger partial charge in [0, 0.05) is 25.0 Å². The summed E-state index contributed by atoms with van der Waals surface area (Å²) in [6.45, 7) is 7.03. The fraction of sp³-hybridized carbons (Fsp3) is 0.692. The van der Waals surface area contributed by atoms with Gasteiger partial charge in [-0.15, -0.1) is 0 Å². The first kappa shape index (κ1) is 15.1. The average molecular weight is 298 g/mol. The smallest absolute Gasteiger partial charge is 0.267 e. The van der Waals surface area contributed by atoms with E-state index in [1.54, 1.807) is 11.8 Å². The van der Waals surface area contributed by atoms with Crippen LogP contribution in [0.4, 0.5) is 10.9 Å². The quantitative estimate of drug-likeness (QED) is 0.781. The van der Waals surface area contributed by atoms with E-state index in [0.29, 0.717) is 23.1 Å². The maximum absolute atomic E-state index is 12.4. The number of anilines is 2. The Hall–Kier alpha value is -1.34. The van der Waals surface area contributed by atoms with Crippen LogP contribution >= 0.6 is 11.3 Å². The zero-order valence-corrected chi connectivity index (χ0v) is 12.9. The standard InChI is InChI=1S/C13H22N4O2S/c1-7(2)15-13-16-11(14)10(20-13)12(19)17-5-4-9(6-17)8(3)18/h7-9,18H,4-6,14H2,1-3H3,(H,15,16). The van der Waals surface area contributed by atoms with Crippen molar-refractivity contribution in [2.75, 3.05) is 24.1 Å². The molecule has 6 nitrogen and oxygen atoms in total. The molecule has 0 radical (unpaired) electrons. The van der Waals surface area contributed by atoms with Crippen LogP contribution in [-0.4, -0.2) is 46.1 Å². The van der Waals surface area contributed by atoms with Crippen molar-refractivity contribution in [1.29, 1.82) is 0 Å². The van der Waals surface area contributed by atoms with Crippen LogP contribution in [0.1, 0.15) is 36.9 Å². The zero-order chi connectivity index (χ0) is 14.9. The number of aliphatic hydroxyl groups is 1. The number of nitrogens with zero attached hydrogens (tertiary/aromatic N) is 2. The average Bonchev–Trinajstić information content (AvgIpc) is 2.94. The molecular weight excluding hydrogens is 276 g/mol. The van der Waals surface area contributed by atoms with Gasteiger partial charge in [0.1, 0.15) is 10.7 Å². The number of thiazole rings is 1. The number of nitrogens with two attached hydrogens (primary N) is 1. The lowest BCUT2D eigenvalue weighted by Crippen LogP contribution is -2.30. The minimum atomic E-state index is -0.384. The van der Waals surface area contributed by atoms with Crippen molar-refractivity contribution >= 4 is 28.2 Å². The number of carbonyl (C=O) groups excluding carboxylic acids is 1. The molecule has 7 heteroatoms. The van der Waals surface area contributed by atoms with Gasteiger partial charge in [-0.3, -0.25) is 4.79 Å². The van der Waals surface area contributed by atoms with Crippen LogP contribution in [0.3, 0.4) is 0 Å². The molecule has 1 fully saturated rings. The molecule has 0 spiro atoms. The maximum atomic E-state index is 12.4. The number of carbonyl (C=O) groups is 1. The second-order valence-electron chi connectivity index (χ2n) is 5.57. The molecule has 112 valence electrons. The number of hydrogen-bond acceptors (Lipinski definition) is 6. The molecule has 1 aromatic heterocycles. The number of nitrogen functional groups attached to an aromatic ring is 1. The van der Waals surface area contributed by atoms with Crippen LogP contribution in [0.15, 0.2) is 0 Å². The number of hydrogen-bond donors (Lipinski definition) is 3. The molecule has 1 aliphatic rings. The first-order chi connectivity index (χ1) is 9.38. The summed E-state index contributed by atoms with van der Waals surface area (Å²) in [6.07, 6.45) is 0.448. The van der Waals surface area contributed by atoms with Gasteiger partial charge in [-0.05, 0) is 27.2 Å². The predicted molar refractivity (Wildman–Crippen MR) is 81.0 cm³/mol. The van der Waals surface area contributed by atoms with Crippen molar-refractivity contribution in [1.82, 2.24) is 9.88 Å². The van der Waals surface area contributed by atoms with Crippen molar-refractivity contribution in [2.45, 2.75) is 39.3 Å². The molecule has 4 N–H and O–H groups in total. The summed E-state index contributed by atoms with van der Waals surface area (Å²) < 4.78 is 0. The number of aliphatic hydroxyl groups excluding tert-OH is 1. The zero-order valence-electron chi connectivity index (χ0n) is 12.1. The van der Waals surface area contributed by atoms with E-state index in [1.807, 2.05) is 13.8 Å². The van der Waals surface area contributed by atoms with Crippen LogP contribution in [0.25, 0.3) is 0 Å². The van der Waals surface area contributed by atoms with Gasteiger partial charge in [-0.2, -0.15) is 0 Å². The third-order valence-corrected chi connectivity index (χ3v) is 4.44. The largest absolute Gasteiger partial charge is 0.393 e. The third-order valence-electron chi connectivity index (χ3n) is 3.45. The Morgan fingerprint density at radius 1 is 1.55 bits per heavy atom. The van der Waals surface area contributed by atoms with Gasteiger partial charge in [0.05, 0.1) is 6.10 Å². The van der Waals surface area contributed by atoms with E-state index in [0.717, 1.165) is 6.42 Å². The van der Waals surface area contributed by atoms with Gasteiger partial charge in [0.2, 0.25) is 0 Å². The van der Waals surface area contributed by atoms with E-state index in [2.05, 4.69) is 10.3 Å². The lowest BCUT2D eigenvalue weighted by molar-refractivity contribution is 0.0768. The molecule has 0 bridgehead atoms. The van der Waals surface area contributed by atoms with Gasteiger partial charge < -0.3 is 21.1 Å². The van der Waals surface area contributed by atoms with Crippen LogP contribution < -0.4 is 11.1 Å². The van der Waals surface area contributed by atoms with Crippen molar-refractivity contribution in [3.05, 3.63) is 4.88 Å². The first-order valence-corrected chi connectivity index (χ1v) is 7.70. The van der Waals surface area contributed by atoms with E-state index < -0.39 is 0 Å². The summed E-state index contributed by atoms with van der Waals surface area (Å²) in [5, 5.41) is 13.4. The molecular formula is C13H22N4O2S. The SMILES string of the molecule is CC(C)Nc1nc(N)c(C(=O)N2CCC(C(C)O)C2)s1. The van der Waals surface area contributed by atoms with Crippen LogP contribution in [0, 0.1) is 5.92 Å². The molecule has 1 amide bonds. The van der Waals surface area contributed by atoms with Crippen LogP contribution in [0.2, 0.25) is 0 Å². The van der Waals surface area contributed by atoms with Crippen LogP contribution in [-0.2, 0) is 0 Å².